The number of hydrogen-bond donors (Lipinski definition) is 1. The molecule has 3 aromatic rings. The molecule has 1 amide bonds. The highest BCUT2D eigenvalue weighted by atomic mass is 79.9. The number of amides is 1. The Bertz CT molecular complexity index is 912. The van der Waals surface area contributed by atoms with E-state index in [0.29, 0.717) is 6.42 Å². The van der Waals surface area contributed by atoms with Gasteiger partial charge in [0.05, 0.1) is 5.69 Å². The number of benzene rings is 2. The molecule has 0 unspecified atom stereocenters. The largest absolute Gasteiger partial charge is 0.310 e. The fourth-order valence-corrected chi connectivity index (χ4v) is 3.24. The van der Waals surface area contributed by atoms with Crippen LogP contribution in [0.5, 0.6) is 0 Å². The lowest BCUT2D eigenvalue weighted by molar-refractivity contribution is -0.116. The van der Waals surface area contributed by atoms with Crippen LogP contribution in [-0.4, -0.2) is 15.7 Å². The maximum Gasteiger partial charge on any atom is 0.225 e. The molecule has 0 aliphatic carbocycles. The average Bonchev–Trinajstić information content (AvgIpc) is 2.89. The van der Waals surface area contributed by atoms with E-state index < -0.39 is 0 Å². The molecule has 1 N–H and O–H groups in total. The molecule has 0 bridgehead atoms. The van der Waals surface area contributed by atoms with Crippen LogP contribution in [0.2, 0.25) is 0 Å². The first-order valence-electron chi connectivity index (χ1n) is 8.59. The molecule has 5 heteroatoms. The third kappa shape index (κ3) is 4.22. The van der Waals surface area contributed by atoms with Gasteiger partial charge >= 0.3 is 0 Å². The Balaban J connectivity index is 1.75. The van der Waals surface area contributed by atoms with Gasteiger partial charge in [-0.1, -0.05) is 57.9 Å². The maximum atomic E-state index is 12.5. The van der Waals surface area contributed by atoms with Crippen LogP contribution in [0.25, 0.3) is 11.1 Å². The molecule has 0 aliphatic rings. The van der Waals surface area contributed by atoms with E-state index in [2.05, 4.69) is 57.5 Å². The molecule has 0 fully saturated rings. The summed E-state index contributed by atoms with van der Waals surface area (Å²) in [5.41, 5.74) is 5.28. The second kappa shape index (κ2) is 7.87. The van der Waals surface area contributed by atoms with Crippen LogP contribution in [0.3, 0.4) is 0 Å². The van der Waals surface area contributed by atoms with Gasteiger partial charge in [-0.15, -0.1) is 0 Å². The smallest absolute Gasteiger partial charge is 0.225 e. The molecule has 4 nitrogen and oxygen atoms in total. The Morgan fingerprint density at radius 2 is 1.73 bits per heavy atom. The van der Waals surface area contributed by atoms with Crippen molar-refractivity contribution in [2.45, 2.75) is 26.7 Å². The minimum absolute atomic E-state index is 0.00747. The fourth-order valence-electron chi connectivity index (χ4n) is 2.97. The number of nitrogens with one attached hydrogen (secondary N) is 1. The molecular weight excluding hydrogens is 390 g/mol. The molecule has 0 saturated carbocycles. The van der Waals surface area contributed by atoms with Crippen LogP contribution in [-0.2, 0) is 18.3 Å². The summed E-state index contributed by atoms with van der Waals surface area (Å²) in [5.74, 6) is 0.727. The quantitative estimate of drug-likeness (QED) is 0.639. The standard InChI is InChI=1S/C21H22BrN3O/c1-14-4-6-16(7-5-14)8-13-19(26)23-21-20(15(2)24-25(21)3)17-9-11-18(22)12-10-17/h4-7,9-12H,8,13H2,1-3H3,(H,23,26). The minimum atomic E-state index is -0.00747. The molecule has 134 valence electrons. The fraction of sp³-hybridized carbons (Fsp3) is 0.238. The van der Waals surface area contributed by atoms with Gasteiger partial charge < -0.3 is 5.32 Å². The minimum Gasteiger partial charge on any atom is -0.310 e. The average molecular weight is 412 g/mol. The van der Waals surface area contributed by atoms with Gasteiger partial charge in [0.2, 0.25) is 5.91 Å². The maximum absolute atomic E-state index is 12.5. The van der Waals surface area contributed by atoms with E-state index in [0.717, 1.165) is 33.5 Å². The first kappa shape index (κ1) is 18.4. The zero-order chi connectivity index (χ0) is 18.7. The summed E-state index contributed by atoms with van der Waals surface area (Å²) < 4.78 is 2.75. The van der Waals surface area contributed by atoms with Crippen molar-refractivity contribution in [2.75, 3.05) is 5.32 Å². The number of rotatable bonds is 5. The summed E-state index contributed by atoms with van der Waals surface area (Å²) in [6.07, 6.45) is 1.16. The number of aromatic nitrogens is 2. The van der Waals surface area contributed by atoms with Crippen molar-refractivity contribution < 1.29 is 4.79 Å². The lowest BCUT2D eigenvalue weighted by atomic mass is 10.1. The van der Waals surface area contributed by atoms with Crippen LogP contribution in [0.15, 0.2) is 53.0 Å². The molecule has 1 heterocycles. The van der Waals surface area contributed by atoms with Crippen molar-refractivity contribution in [2.24, 2.45) is 7.05 Å². The third-order valence-corrected chi connectivity index (χ3v) is 4.90. The number of aryl methyl sites for hydroxylation is 4. The Morgan fingerprint density at radius 1 is 1.08 bits per heavy atom. The molecule has 1 aromatic heterocycles. The second-order valence-electron chi connectivity index (χ2n) is 6.47. The van der Waals surface area contributed by atoms with Gasteiger partial charge in [0.25, 0.3) is 0 Å². The molecule has 0 spiro atoms. The van der Waals surface area contributed by atoms with Crippen LogP contribution in [0.4, 0.5) is 5.82 Å². The SMILES string of the molecule is Cc1ccc(CCC(=O)Nc2c(-c3ccc(Br)cc3)c(C)nn2C)cc1. The van der Waals surface area contributed by atoms with Gasteiger partial charge in [0.15, 0.2) is 0 Å². The Morgan fingerprint density at radius 3 is 2.38 bits per heavy atom. The lowest BCUT2D eigenvalue weighted by Gasteiger charge is -2.09. The molecular formula is C21H22BrN3O. The number of halogens is 1. The number of anilines is 1. The highest BCUT2D eigenvalue weighted by Crippen LogP contribution is 2.32. The first-order valence-corrected chi connectivity index (χ1v) is 9.38. The van der Waals surface area contributed by atoms with Crippen molar-refractivity contribution in [1.29, 1.82) is 0 Å². The Hall–Kier alpha value is -2.40. The molecule has 2 aromatic carbocycles. The first-order chi connectivity index (χ1) is 12.4. The van der Waals surface area contributed by atoms with Gasteiger partial charge in [0.1, 0.15) is 5.82 Å². The van der Waals surface area contributed by atoms with E-state index in [-0.39, 0.29) is 5.91 Å². The molecule has 0 radical (unpaired) electrons. The van der Waals surface area contributed by atoms with Crippen molar-refractivity contribution >= 4 is 27.7 Å². The topological polar surface area (TPSA) is 46.9 Å². The van der Waals surface area contributed by atoms with E-state index in [1.165, 1.54) is 11.1 Å². The zero-order valence-electron chi connectivity index (χ0n) is 15.2. The number of hydrogen-bond acceptors (Lipinski definition) is 2. The van der Waals surface area contributed by atoms with E-state index in [4.69, 9.17) is 0 Å². The van der Waals surface area contributed by atoms with Gasteiger partial charge in [-0.3, -0.25) is 9.48 Å². The van der Waals surface area contributed by atoms with Crippen molar-refractivity contribution in [3.8, 4) is 11.1 Å². The summed E-state index contributed by atoms with van der Waals surface area (Å²) in [7, 11) is 1.85. The van der Waals surface area contributed by atoms with Crippen LogP contribution < -0.4 is 5.32 Å². The van der Waals surface area contributed by atoms with E-state index in [1.807, 2.05) is 38.2 Å². The Labute approximate surface area is 162 Å². The van der Waals surface area contributed by atoms with Gasteiger partial charge in [-0.05, 0) is 43.5 Å². The van der Waals surface area contributed by atoms with Crippen molar-refractivity contribution in [1.82, 2.24) is 9.78 Å². The molecule has 0 atom stereocenters. The van der Waals surface area contributed by atoms with Crippen LogP contribution in [0.1, 0.15) is 23.2 Å². The number of carbonyl (C=O) groups is 1. The lowest BCUT2D eigenvalue weighted by Crippen LogP contribution is -2.15. The highest BCUT2D eigenvalue weighted by Gasteiger charge is 2.17. The van der Waals surface area contributed by atoms with Crippen molar-refractivity contribution in [3.05, 3.63) is 69.8 Å². The summed E-state index contributed by atoms with van der Waals surface area (Å²) in [5, 5.41) is 7.53. The highest BCUT2D eigenvalue weighted by molar-refractivity contribution is 9.10. The summed E-state index contributed by atoms with van der Waals surface area (Å²) in [4.78, 5) is 12.5. The molecule has 26 heavy (non-hydrogen) atoms. The van der Waals surface area contributed by atoms with Crippen molar-refractivity contribution in [3.63, 3.8) is 0 Å². The van der Waals surface area contributed by atoms with Crippen LogP contribution in [0, 0.1) is 13.8 Å². The normalized spacial score (nSPS) is 10.8. The second-order valence-corrected chi connectivity index (χ2v) is 7.39. The molecule has 0 saturated heterocycles. The predicted molar refractivity (Wildman–Crippen MR) is 109 cm³/mol. The summed E-state index contributed by atoms with van der Waals surface area (Å²) in [6.45, 7) is 4.02. The molecule has 0 aliphatic heterocycles. The summed E-state index contributed by atoms with van der Waals surface area (Å²) >= 11 is 3.46. The Kier molecular flexibility index (Phi) is 5.57. The van der Waals surface area contributed by atoms with Crippen LogP contribution >= 0.6 is 15.9 Å². The van der Waals surface area contributed by atoms with Gasteiger partial charge in [-0.25, -0.2) is 0 Å². The summed E-state index contributed by atoms with van der Waals surface area (Å²) in [6, 6.07) is 16.3. The molecule has 3 rings (SSSR count). The van der Waals surface area contributed by atoms with E-state index in [9.17, 15) is 4.79 Å². The zero-order valence-corrected chi connectivity index (χ0v) is 16.8. The number of carbonyl (C=O) groups excluding carboxylic acids is 1. The predicted octanol–water partition coefficient (Wildman–Crippen LogP) is 5.04. The van der Waals surface area contributed by atoms with Gasteiger partial charge in [-0.2, -0.15) is 5.10 Å². The number of nitrogens with zero attached hydrogens (tertiary/aromatic N) is 2. The van der Waals surface area contributed by atoms with E-state index >= 15 is 0 Å². The van der Waals surface area contributed by atoms with E-state index in [1.54, 1.807) is 4.68 Å². The van der Waals surface area contributed by atoms with Gasteiger partial charge in [0, 0.05) is 23.5 Å². The third-order valence-electron chi connectivity index (χ3n) is 4.37. The monoisotopic (exact) mass is 411 g/mol.